The summed E-state index contributed by atoms with van der Waals surface area (Å²) in [6.45, 7) is -0.204. The summed E-state index contributed by atoms with van der Waals surface area (Å²) in [5.41, 5.74) is -0.401. The van der Waals surface area contributed by atoms with Crippen molar-refractivity contribution in [2.75, 3.05) is 5.75 Å². The first-order chi connectivity index (χ1) is 11.0. The monoisotopic (exact) mass is 335 g/mol. The molecule has 6 nitrogen and oxygen atoms in total. The van der Waals surface area contributed by atoms with Crippen LogP contribution in [0.15, 0.2) is 44.9 Å². The minimum absolute atomic E-state index is 0.204. The van der Waals surface area contributed by atoms with E-state index in [0.29, 0.717) is 17.1 Å². The average molecular weight is 335 g/mol. The third-order valence-corrected chi connectivity index (χ3v) is 4.73. The van der Waals surface area contributed by atoms with E-state index < -0.39 is 11.2 Å². The fourth-order valence-corrected chi connectivity index (χ4v) is 3.64. The Morgan fingerprint density at radius 3 is 3.00 bits per heavy atom. The van der Waals surface area contributed by atoms with E-state index in [1.807, 2.05) is 0 Å². The number of H-pyrrole nitrogens is 1. The highest BCUT2D eigenvalue weighted by atomic mass is 32.2. The van der Waals surface area contributed by atoms with Gasteiger partial charge in [-0.1, -0.05) is 12.1 Å². The second-order valence-corrected chi connectivity index (χ2v) is 6.26. The number of aromatic amines is 1. The lowest BCUT2D eigenvalue weighted by atomic mass is 10.0. The van der Waals surface area contributed by atoms with Crippen LogP contribution in [0, 0.1) is 5.82 Å². The molecule has 3 rings (SSSR count). The first-order valence-corrected chi connectivity index (χ1v) is 8.03. The van der Waals surface area contributed by atoms with Crippen molar-refractivity contribution in [2.24, 2.45) is 0 Å². The zero-order valence-corrected chi connectivity index (χ0v) is 12.9. The highest BCUT2D eigenvalue weighted by molar-refractivity contribution is 7.99. The Hall–Kier alpha value is -2.35. The summed E-state index contributed by atoms with van der Waals surface area (Å²) < 4.78 is 14.9. The molecule has 0 aliphatic carbocycles. The molecule has 120 valence electrons. The van der Waals surface area contributed by atoms with Gasteiger partial charge in [-0.3, -0.25) is 19.1 Å². The van der Waals surface area contributed by atoms with Crippen molar-refractivity contribution in [3.63, 3.8) is 0 Å². The molecule has 1 aromatic heterocycles. The third-order valence-electron chi connectivity index (χ3n) is 3.57. The number of fused-ring (bicyclic) bond motifs is 1. The standard InChI is InChI=1S/C15H14FN3O3S/c16-10-3-1-2-9-11(5-7-23-14(9)10)17-13(21)8-19-6-4-12(20)18-15(19)22/h1-4,6,11H,5,7-8H2,(H,17,21)(H,18,20,22). The first kappa shape index (κ1) is 15.5. The van der Waals surface area contributed by atoms with Gasteiger partial charge in [0, 0.05) is 22.9 Å². The second kappa shape index (κ2) is 6.41. The van der Waals surface area contributed by atoms with Crippen LogP contribution < -0.4 is 16.6 Å². The maximum Gasteiger partial charge on any atom is 0.328 e. The number of carbonyl (C=O) groups excluding carboxylic acids is 1. The van der Waals surface area contributed by atoms with Crippen molar-refractivity contribution in [3.05, 3.63) is 62.7 Å². The Labute approximate surface area is 134 Å². The molecule has 0 bridgehead atoms. The van der Waals surface area contributed by atoms with Gasteiger partial charge in [-0.25, -0.2) is 9.18 Å². The summed E-state index contributed by atoms with van der Waals surface area (Å²) in [6, 6.07) is 5.70. The highest BCUT2D eigenvalue weighted by Gasteiger charge is 2.24. The molecule has 0 saturated heterocycles. The van der Waals surface area contributed by atoms with Crippen LogP contribution in [-0.2, 0) is 11.3 Å². The van der Waals surface area contributed by atoms with Crippen LogP contribution in [0.3, 0.4) is 0 Å². The molecular formula is C15H14FN3O3S. The van der Waals surface area contributed by atoms with Crippen LogP contribution in [-0.4, -0.2) is 21.2 Å². The van der Waals surface area contributed by atoms with Crippen LogP contribution in [0.4, 0.5) is 4.39 Å². The molecule has 1 aliphatic heterocycles. The molecule has 8 heteroatoms. The van der Waals surface area contributed by atoms with E-state index in [1.165, 1.54) is 30.1 Å². The third kappa shape index (κ3) is 3.37. The molecule has 0 saturated carbocycles. The topological polar surface area (TPSA) is 84.0 Å². The Bertz CT molecular complexity index is 862. The number of halogens is 1. The Balaban J connectivity index is 1.76. The summed E-state index contributed by atoms with van der Waals surface area (Å²) in [6.07, 6.45) is 1.96. The van der Waals surface area contributed by atoms with E-state index >= 15 is 0 Å². The normalized spacial score (nSPS) is 16.7. The molecule has 1 atom stereocenters. The molecule has 1 aromatic carbocycles. The number of hydrogen-bond acceptors (Lipinski definition) is 4. The van der Waals surface area contributed by atoms with Crippen molar-refractivity contribution in [1.29, 1.82) is 0 Å². The van der Waals surface area contributed by atoms with Gasteiger partial charge in [0.2, 0.25) is 5.91 Å². The Morgan fingerprint density at radius 2 is 2.22 bits per heavy atom. The lowest BCUT2D eigenvalue weighted by molar-refractivity contribution is -0.122. The molecule has 0 fully saturated rings. The van der Waals surface area contributed by atoms with E-state index in [2.05, 4.69) is 10.3 Å². The molecular weight excluding hydrogens is 321 g/mol. The second-order valence-electron chi connectivity index (χ2n) is 5.15. The van der Waals surface area contributed by atoms with Crippen LogP contribution in [0.5, 0.6) is 0 Å². The van der Waals surface area contributed by atoms with Crippen LogP contribution in [0.1, 0.15) is 18.0 Å². The maximum absolute atomic E-state index is 13.8. The highest BCUT2D eigenvalue weighted by Crippen LogP contribution is 2.37. The van der Waals surface area contributed by atoms with Gasteiger partial charge in [0.25, 0.3) is 5.56 Å². The first-order valence-electron chi connectivity index (χ1n) is 7.05. The van der Waals surface area contributed by atoms with Gasteiger partial charge < -0.3 is 5.32 Å². The van der Waals surface area contributed by atoms with Gasteiger partial charge >= 0.3 is 5.69 Å². The number of nitrogens with zero attached hydrogens (tertiary/aromatic N) is 1. The summed E-state index contributed by atoms with van der Waals surface area (Å²) in [4.78, 5) is 37.4. The predicted molar refractivity (Wildman–Crippen MR) is 83.9 cm³/mol. The zero-order chi connectivity index (χ0) is 16.4. The summed E-state index contributed by atoms with van der Waals surface area (Å²) >= 11 is 1.43. The maximum atomic E-state index is 13.8. The zero-order valence-electron chi connectivity index (χ0n) is 12.0. The fourth-order valence-electron chi connectivity index (χ4n) is 2.50. The van der Waals surface area contributed by atoms with Gasteiger partial charge in [0.1, 0.15) is 12.4 Å². The molecule has 2 N–H and O–H groups in total. The number of amides is 1. The number of thioether (sulfide) groups is 1. The van der Waals surface area contributed by atoms with Crippen molar-refractivity contribution >= 4 is 17.7 Å². The lowest BCUT2D eigenvalue weighted by Gasteiger charge is -2.26. The molecule has 1 unspecified atom stereocenters. The molecule has 1 aliphatic rings. The number of aromatic nitrogens is 2. The number of carbonyl (C=O) groups is 1. The smallest absolute Gasteiger partial charge is 0.328 e. The molecule has 1 amide bonds. The van der Waals surface area contributed by atoms with Crippen molar-refractivity contribution in [1.82, 2.24) is 14.9 Å². The Kier molecular flexibility index (Phi) is 4.33. The van der Waals surface area contributed by atoms with Crippen LogP contribution in [0.25, 0.3) is 0 Å². The Morgan fingerprint density at radius 1 is 1.39 bits per heavy atom. The van der Waals surface area contributed by atoms with Gasteiger partial charge in [-0.15, -0.1) is 11.8 Å². The number of nitrogens with one attached hydrogen (secondary N) is 2. The van der Waals surface area contributed by atoms with Crippen LogP contribution in [0.2, 0.25) is 0 Å². The number of rotatable bonds is 3. The quantitative estimate of drug-likeness (QED) is 0.877. The molecule has 0 radical (unpaired) electrons. The van der Waals surface area contributed by atoms with Gasteiger partial charge in [0.05, 0.1) is 6.04 Å². The van der Waals surface area contributed by atoms with E-state index in [4.69, 9.17) is 0 Å². The molecule has 2 aromatic rings. The summed E-state index contributed by atoms with van der Waals surface area (Å²) in [7, 11) is 0. The molecule has 23 heavy (non-hydrogen) atoms. The van der Waals surface area contributed by atoms with Gasteiger partial charge in [-0.2, -0.15) is 0 Å². The minimum Gasteiger partial charge on any atom is -0.348 e. The van der Waals surface area contributed by atoms with Gasteiger partial charge in [-0.05, 0) is 18.1 Å². The lowest BCUT2D eigenvalue weighted by Crippen LogP contribution is -2.37. The largest absolute Gasteiger partial charge is 0.348 e. The summed E-state index contributed by atoms with van der Waals surface area (Å²) in [5.74, 6) is 0.0480. The molecule has 0 spiro atoms. The predicted octanol–water partition coefficient (Wildman–Crippen LogP) is 1.03. The SMILES string of the molecule is O=C(Cn1ccc(=O)[nH]c1=O)NC1CCSc2c(F)cccc21. The minimum atomic E-state index is -0.640. The van der Waals surface area contributed by atoms with Crippen LogP contribution >= 0.6 is 11.8 Å². The fraction of sp³-hybridized carbons (Fsp3) is 0.267. The number of benzene rings is 1. The van der Waals surface area contributed by atoms with Gasteiger partial charge in [0.15, 0.2) is 0 Å². The van der Waals surface area contributed by atoms with Crippen molar-refractivity contribution in [2.45, 2.75) is 23.9 Å². The van der Waals surface area contributed by atoms with E-state index in [-0.39, 0.29) is 24.3 Å². The summed E-state index contributed by atoms with van der Waals surface area (Å²) in [5, 5.41) is 2.82. The number of hydrogen-bond donors (Lipinski definition) is 2. The van der Waals surface area contributed by atoms with E-state index in [9.17, 15) is 18.8 Å². The van der Waals surface area contributed by atoms with Crippen molar-refractivity contribution in [3.8, 4) is 0 Å². The van der Waals surface area contributed by atoms with E-state index in [1.54, 1.807) is 12.1 Å². The van der Waals surface area contributed by atoms with Crippen molar-refractivity contribution < 1.29 is 9.18 Å². The molecule has 2 heterocycles. The average Bonchev–Trinajstić information content (AvgIpc) is 2.51. The van der Waals surface area contributed by atoms with E-state index in [0.717, 1.165) is 10.1 Å².